The number of rotatable bonds is 10. The first-order valence-corrected chi connectivity index (χ1v) is 11.4. The number of nitrogens with zero attached hydrogens (tertiary/aromatic N) is 2. The summed E-state index contributed by atoms with van der Waals surface area (Å²) in [6.45, 7) is 0.690. The smallest absolute Gasteiger partial charge is 0.241 e. The zero-order chi connectivity index (χ0) is 24.5. The second-order valence-corrected chi connectivity index (χ2v) is 8.15. The highest BCUT2D eigenvalue weighted by Crippen LogP contribution is 2.19. The number of carbonyl (C=O) groups is 1. The van der Waals surface area contributed by atoms with E-state index in [1.807, 2.05) is 60.7 Å². The van der Waals surface area contributed by atoms with Crippen molar-refractivity contribution in [2.24, 2.45) is 5.73 Å². The summed E-state index contributed by atoms with van der Waals surface area (Å²) in [5, 5.41) is 9.31. The van der Waals surface area contributed by atoms with Crippen molar-refractivity contribution in [2.75, 3.05) is 22.5 Å². The third kappa shape index (κ3) is 7.16. The summed E-state index contributed by atoms with van der Waals surface area (Å²) in [6, 6.07) is 26.5. The predicted molar refractivity (Wildman–Crippen MR) is 143 cm³/mol. The Kier molecular flexibility index (Phi) is 8.09. The highest BCUT2D eigenvalue weighted by atomic mass is 16.2. The topological polar surface area (TPSA) is 105 Å². The molecular weight excluding hydrogens is 435 g/mol. The molecule has 35 heavy (non-hydrogen) atoms. The van der Waals surface area contributed by atoms with Crippen LogP contribution in [0.2, 0.25) is 0 Å². The first-order valence-electron chi connectivity index (χ1n) is 11.4. The van der Waals surface area contributed by atoms with Gasteiger partial charge in [0.25, 0.3) is 0 Å². The Morgan fingerprint density at radius 1 is 0.914 bits per heavy atom. The predicted octanol–water partition coefficient (Wildman–Crippen LogP) is 3.18. The molecule has 0 aliphatic carbocycles. The number of anilines is 4. The van der Waals surface area contributed by atoms with Crippen molar-refractivity contribution in [3.63, 3.8) is 0 Å². The molecule has 5 N–H and O–H groups in total. The molecule has 7 nitrogen and oxygen atoms in total. The molecule has 1 aromatic heterocycles. The van der Waals surface area contributed by atoms with E-state index in [2.05, 4.69) is 38.1 Å². The fourth-order valence-corrected chi connectivity index (χ4v) is 3.56. The molecule has 4 rings (SSSR count). The number of aromatic nitrogens is 2. The van der Waals surface area contributed by atoms with Gasteiger partial charge in [-0.05, 0) is 47.6 Å². The Morgan fingerprint density at radius 3 is 2.34 bits per heavy atom. The minimum absolute atomic E-state index is 0.250. The van der Waals surface area contributed by atoms with Crippen molar-refractivity contribution in [3.8, 4) is 0 Å². The normalized spacial score (nSPS) is 11.5. The zero-order valence-corrected chi connectivity index (χ0v) is 19.3. The van der Waals surface area contributed by atoms with Crippen LogP contribution in [-0.2, 0) is 17.6 Å². The highest BCUT2D eigenvalue weighted by molar-refractivity contribution is 6.35. The van der Waals surface area contributed by atoms with Crippen LogP contribution in [0.1, 0.15) is 11.1 Å². The molecule has 0 aliphatic heterocycles. The van der Waals surface area contributed by atoms with Crippen LogP contribution in [0, 0.1) is 0 Å². The third-order valence-electron chi connectivity index (χ3n) is 5.39. The van der Waals surface area contributed by atoms with Crippen molar-refractivity contribution in [1.82, 2.24) is 9.97 Å². The first kappa shape index (κ1) is 24.0. The van der Waals surface area contributed by atoms with Gasteiger partial charge < -0.3 is 21.7 Å². The maximum atomic E-state index is 12.6. The molecule has 1 amide bonds. The Bertz CT molecular complexity index is 1250. The Labute approximate surface area is 206 Å². The lowest BCUT2D eigenvalue weighted by atomic mass is 9.99. The number of hydrogen-bond acceptors (Lipinski definition) is 6. The molecule has 174 valence electrons. The van der Waals surface area contributed by atoms with E-state index >= 15 is 0 Å². The van der Waals surface area contributed by atoms with E-state index in [-0.39, 0.29) is 5.91 Å². The summed E-state index contributed by atoms with van der Waals surface area (Å²) in [4.78, 5) is 21.3. The molecule has 0 bridgehead atoms. The highest BCUT2D eigenvalue weighted by Gasteiger charge is 2.14. The minimum atomic E-state index is -0.654. The van der Waals surface area contributed by atoms with Gasteiger partial charge in [-0.25, -0.2) is 4.98 Å². The van der Waals surface area contributed by atoms with Gasteiger partial charge in [-0.2, -0.15) is 4.98 Å². The van der Waals surface area contributed by atoms with Crippen LogP contribution in [0.3, 0.4) is 0 Å². The number of nitrogens with two attached hydrogens (primary N) is 1. The number of hydrogen-bond donors (Lipinski definition) is 4. The molecule has 0 aliphatic rings. The first-order chi connectivity index (χ1) is 17.1. The number of nitrogens with one attached hydrogen (secondary N) is 3. The van der Waals surface area contributed by atoms with Gasteiger partial charge in [0.2, 0.25) is 11.9 Å². The van der Waals surface area contributed by atoms with Crippen LogP contribution in [-0.4, -0.2) is 36.3 Å². The molecule has 1 atom stereocenters. The van der Waals surface area contributed by atoms with E-state index in [0.717, 1.165) is 17.7 Å². The Balaban J connectivity index is 1.35. The number of benzene rings is 3. The summed E-state index contributed by atoms with van der Waals surface area (Å²) >= 11 is 0. The summed E-state index contributed by atoms with van der Waals surface area (Å²) < 4.78 is 0. The maximum Gasteiger partial charge on any atom is 0.241 e. The molecule has 3 aromatic carbocycles. The van der Waals surface area contributed by atoms with Crippen LogP contribution < -0.4 is 27.1 Å². The lowest BCUT2D eigenvalue weighted by Crippen LogP contribution is -2.37. The SMILES string of the molecule is [B]c1cnc(Nc2cccc(NC(=O)C(N)Cc3ccccc3)c2)nc1NCCc1ccccc1. The van der Waals surface area contributed by atoms with Crippen LogP contribution in [0.4, 0.5) is 23.1 Å². The average Bonchev–Trinajstić information content (AvgIpc) is 2.87. The monoisotopic (exact) mass is 462 g/mol. The van der Waals surface area contributed by atoms with Gasteiger partial charge in [0.1, 0.15) is 13.7 Å². The number of carbonyl (C=O) groups excluding carboxylic acids is 1. The summed E-state index contributed by atoms with van der Waals surface area (Å²) in [5.41, 5.74) is 10.2. The largest absolute Gasteiger partial charge is 0.370 e. The van der Waals surface area contributed by atoms with Crippen molar-refractivity contribution in [2.45, 2.75) is 18.9 Å². The molecule has 0 spiro atoms. The zero-order valence-electron chi connectivity index (χ0n) is 19.3. The van der Waals surface area contributed by atoms with Gasteiger partial charge in [0.15, 0.2) is 0 Å². The quantitative estimate of drug-likeness (QED) is 0.270. The van der Waals surface area contributed by atoms with Gasteiger partial charge >= 0.3 is 0 Å². The maximum absolute atomic E-state index is 12.6. The molecule has 4 aromatic rings. The van der Waals surface area contributed by atoms with Crippen molar-refractivity contribution < 1.29 is 4.79 Å². The summed E-state index contributed by atoms with van der Waals surface area (Å²) in [6.07, 6.45) is 2.87. The van der Waals surface area contributed by atoms with Crippen LogP contribution in [0.25, 0.3) is 0 Å². The molecule has 2 radical (unpaired) electrons. The van der Waals surface area contributed by atoms with E-state index in [1.165, 1.54) is 5.56 Å². The lowest BCUT2D eigenvalue weighted by Gasteiger charge is -2.14. The van der Waals surface area contributed by atoms with E-state index in [1.54, 1.807) is 18.3 Å². The Hall–Kier alpha value is -4.17. The number of amides is 1. The average molecular weight is 462 g/mol. The lowest BCUT2D eigenvalue weighted by molar-refractivity contribution is -0.117. The Morgan fingerprint density at radius 2 is 1.60 bits per heavy atom. The fourth-order valence-electron chi connectivity index (χ4n) is 3.56. The van der Waals surface area contributed by atoms with Gasteiger partial charge in [-0.1, -0.05) is 66.7 Å². The van der Waals surface area contributed by atoms with Gasteiger partial charge in [0, 0.05) is 24.1 Å². The van der Waals surface area contributed by atoms with Crippen molar-refractivity contribution >= 4 is 42.4 Å². The van der Waals surface area contributed by atoms with E-state index < -0.39 is 6.04 Å². The molecule has 1 heterocycles. The van der Waals surface area contributed by atoms with E-state index in [9.17, 15) is 4.79 Å². The molecular formula is C27H27BN6O. The van der Waals surface area contributed by atoms with Crippen LogP contribution >= 0.6 is 0 Å². The van der Waals surface area contributed by atoms with Crippen molar-refractivity contribution in [1.29, 1.82) is 0 Å². The molecule has 8 heteroatoms. The van der Waals surface area contributed by atoms with E-state index in [4.69, 9.17) is 13.6 Å². The minimum Gasteiger partial charge on any atom is -0.370 e. The summed E-state index contributed by atoms with van der Waals surface area (Å²) in [7, 11) is 6.05. The third-order valence-corrected chi connectivity index (χ3v) is 5.39. The molecule has 0 fully saturated rings. The van der Waals surface area contributed by atoms with Gasteiger partial charge in [-0.3, -0.25) is 4.79 Å². The van der Waals surface area contributed by atoms with Gasteiger partial charge in [-0.15, -0.1) is 0 Å². The second-order valence-electron chi connectivity index (χ2n) is 8.15. The van der Waals surface area contributed by atoms with Gasteiger partial charge in [0.05, 0.1) is 6.04 Å². The molecule has 0 saturated carbocycles. The van der Waals surface area contributed by atoms with Crippen LogP contribution in [0.5, 0.6) is 0 Å². The molecule has 0 saturated heterocycles. The molecule has 1 unspecified atom stereocenters. The van der Waals surface area contributed by atoms with Crippen LogP contribution in [0.15, 0.2) is 91.1 Å². The standard InChI is InChI=1S/C27H27BN6O/c28-23-18-31-27(34-25(23)30-15-14-19-8-3-1-4-9-19)33-22-13-7-12-21(17-22)32-26(35)24(29)16-20-10-5-2-6-11-20/h1-13,17-18,24H,14-16,29H2,(H,32,35)(H2,30,31,33,34). The summed E-state index contributed by atoms with van der Waals surface area (Å²) in [5.74, 6) is 0.708. The second kappa shape index (κ2) is 11.8. The fraction of sp³-hybridized carbons (Fsp3) is 0.148. The van der Waals surface area contributed by atoms with E-state index in [0.29, 0.717) is 35.9 Å². The van der Waals surface area contributed by atoms with Crippen molar-refractivity contribution in [3.05, 3.63) is 102 Å².